The van der Waals surface area contributed by atoms with Gasteiger partial charge in [-0.05, 0) is 17.7 Å². The van der Waals surface area contributed by atoms with E-state index in [9.17, 15) is 4.79 Å². The highest BCUT2D eigenvalue weighted by molar-refractivity contribution is 5.89. The van der Waals surface area contributed by atoms with Crippen LogP contribution in [0.3, 0.4) is 0 Å². The third-order valence-corrected chi connectivity index (χ3v) is 4.24. The molecule has 0 radical (unpaired) electrons. The van der Waals surface area contributed by atoms with Gasteiger partial charge in [0.2, 0.25) is 0 Å². The number of aromatic amines is 1. The number of benzene rings is 2. The van der Waals surface area contributed by atoms with E-state index in [1.807, 2.05) is 66.2 Å². The van der Waals surface area contributed by atoms with Crippen molar-refractivity contribution in [3.63, 3.8) is 0 Å². The molecule has 26 heavy (non-hydrogen) atoms. The standard InChI is InChI=1S/C19H18N6O/c1-25-16-10-6-5-9-15(16)23-18(25)17(13-7-3-2-4-8-13)24-19(26)22-14-11-20-21-12-14/h2-12,17H,1H3,(H,20,21)(H2,22,24,26)/t17-/m1/s1. The maximum atomic E-state index is 12.5. The Hall–Kier alpha value is -3.61. The highest BCUT2D eigenvalue weighted by Gasteiger charge is 2.22. The van der Waals surface area contributed by atoms with Gasteiger partial charge in [-0.15, -0.1) is 0 Å². The molecule has 2 heterocycles. The quantitative estimate of drug-likeness (QED) is 0.530. The molecule has 1 atom stereocenters. The first kappa shape index (κ1) is 15.9. The first-order valence-corrected chi connectivity index (χ1v) is 8.25. The number of imidazole rings is 1. The Morgan fingerprint density at radius 1 is 1.12 bits per heavy atom. The average molecular weight is 346 g/mol. The molecule has 0 unspecified atom stereocenters. The second-order valence-corrected chi connectivity index (χ2v) is 5.95. The third-order valence-electron chi connectivity index (χ3n) is 4.24. The lowest BCUT2D eigenvalue weighted by molar-refractivity contribution is 0.249. The molecule has 0 spiro atoms. The number of urea groups is 1. The van der Waals surface area contributed by atoms with Gasteiger partial charge in [-0.25, -0.2) is 9.78 Å². The minimum absolute atomic E-state index is 0.327. The summed E-state index contributed by atoms with van der Waals surface area (Å²) in [5, 5.41) is 12.3. The fourth-order valence-corrected chi connectivity index (χ4v) is 2.98. The van der Waals surface area contributed by atoms with E-state index >= 15 is 0 Å². The van der Waals surface area contributed by atoms with Crippen molar-refractivity contribution in [2.24, 2.45) is 7.05 Å². The van der Waals surface area contributed by atoms with Crippen LogP contribution in [0.5, 0.6) is 0 Å². The molecule has 130 valence electrons. The number of fused-ring (bicyclic) bond motifs is 1. The molecule has 0 fully saturated rings. The van der Waals surface area contributed by atoms with Crippen molar-refractivity contribution < 1.29 is 4.79 Å². The molecule has 0 aliphatic carbocycles. The predicted molar refractivity (Wildman–Crippen MR) is 99.7 cm³/mol. The Labute approximate surface area is 150 Å². The number of nitrogens with zero attached hydrogens (tertiary/aromatic N) is 3. The van der Waals surface area contributed by atoms with Crippen molar-refractivity contribution in [1.29, 1.82) is 0 Å². The third kappa shape index (κ3) is 3.02. The average Bonchev–Trinajstić information content (AvgIpc) is 3.29. The molecule has 2 aromatic carbocycles. The lowest BCUT2D eigenvalue weighted by Crippen LogP contribution is -2.34. The van der Waals surface area contributed by atoms with E-state index in [-0.39, 0.29) is 12.1 Å². The van der Waals surface area contributed by atoms with Gasteiger partial charge in [0, 0.05) is 13.2 Å². The Morgan fingerprint density at radius 2 is 1.88 bits per heavy atom. The van der Waals surface area contributed by atoms with E-state index < -0.39 is 0 Å². The second-order valence-electron chi connectivity index (χ2n) is 5.95. The van der Waals surface area contributed by atoms with Crippen molar-refractivity contribution in [1.82, 2.24) is 25.1 Å². The summed E-state index contributed by atoms with van der Waals surface area (Å²) in [5.41, 5.74) is 3.45. The zero-order valence-electron chi connectivity index (χ0n) is 14.2. The molecule has 7 nitrogen and oxygen atoms in total. The van der Waals surface area contributed by atoms with Crippen LogP contribution in [0.1, 0.15) is 17.4 Å². The van der Waals surface area contributed by atoms with E-state index in [1.165, 1.54) is 0 Å². The summed E-state index contributed by atoms with van der Waals surface area (Å²) in [4.78, 5) is 17.2. The van der Waals surface area contributed by atoms with Gasteiger partial charge in [0.25, 0.3) is 0 Å². The molecule has 2 aromatic heterocycles. The maximum absolute atomic E-state index is 12.5. The summed E-state index contributed by atoms with van der Waals surface area (Å²) in [5.74, 6) is 0.764. The van der Waals surface area contributed by atoms with E-state index in [1.54, 1.807) is 12.4 Å². The van der Waals surface area contributed by atoms with Crippen LogP contribution in [0.25, 0.3) is 11.0 Å². The Balaban J connectivity index is 1.71. The SMILES string of the molecule is Cn1c([C@H](NC(=O)Nc2cn[nH]c2)c2ccccc2)nc2ccccc21. The van der Waals surface area contributed by atoms with Crippen LogP contribution in [0, 0.1) is 0 Å². The molecular formula is C19H18N6O. The first-order valence-electron chi connectivity index (χ1n) is 8.25. The number of aromatic nitrogens is 4. The fraction of sp³-hybridized carbons (Fsp3) is 0.105. The van der Waals surface area contributed by atoms with Crippen molar-refractivity contribution >= 4 is 22.8 Å². The number of para-hydroxylation sites is 2. The number of hydrogen-bond donors (Lipinski definition) is 3. The van der Waals surface area contributed by atoms with Crippen molar-refractivity contribution in [3.8, 4) is 0 Å². The minimum atomic E-state index is -0.388. The summed E-state index contributed by atoms with van der Waals surface area (Å²) in [6.45, 7) is 0. The Bertz CT molecular complexity index is 1020. The van der Waals surface area contributed by atoms with Gasteiger partial charge in [0.05, 0.1) is 22.9 Å². The highest BCUT2D eigenvalue weighted by Crippen LogP contribution is 2.25. The Kier molecular flexibility index (Phi) is 4.10. The summed E-state index contributed by atoms with van der Waals surface area (Å²) in [6.07, 6.45) is 3.17. The number of rotatable bonds is 4. The molecular weight excluding hydrogens is 328 g/mol. The lowest BCUT2D eigenvalue weighted by atomic mass is 10.1. The van der Waals surface area contributed by atoms with Crippen molar-refractivity contribution in [2.45, 2.75) is 6.04 Å². The van der Waals surface area contributed by atoms with Crippen LogP contribution in [-0.4, -0.2) is 25.8 Å². The van der Waals surface area contributed by atoms with Gasteiger partial charge in [0.15, 0.2) is 0 Å². The van der Waals surface area contributed by atoms with Crippen LogP contribution in [0.4, 0.5) is 10.5 Å². The molecule has 0 aliphatic rings. The largest absolute Gasteiger partial charge is 0.329 e. The van der Waals surface area contributed by atoms with E-state index in [0.717, 1.165) is 22.4 Å². The topological polar surface area (TPSA) is 87.6 Å². The number of carbonyl (C=O) groups excluding carboxylic acids is 1. The predicted octanol–water partition coefficient (Wildman–Crippen LogP) is 3.21. The van der Waals surface area contributed by atoms with Gasteiger partial charge in [0.1, 0.15) is 11.9 Å². The zero-order valence-corrected chi connectivity index (χ0v) is 14.2. The second kappa shape index (κ2) is 6.72. The maximum Gasteiger partial charge on any atom is 0.320 e. The number of aryl methyl sites for hydroxylation is 1. The van der Waals surface area contributed by atoms with E-state index in [0.29, 0.717) is 5.69 Å². The zero-order chi connectivity index (χ0) is 17.9. The number of H-pyrrole nitrogens is 1. The summed E-state index contributed by atoms with van der Waals surface area (Å²) >= 11 is 0. The number of anilines is 1. The van der Waals surface area contributed by atoms with Gasteiger partial charge >= 0.3 is 6.03 Å². The van der Waals surface area contributed by atoms with Crippen molar-refractivity contribution in [2.75, 3.05) is 5.32 Å². The van der Waals surface area contributed by atoms with Crippen molar-refractivity contribution in [3.05, 3.63) is 78.4 Å². The molecule has 0 aliphatic heterocycles. The van der Waals surface area contributed by atoms with Crippen LogP contribution < -0.4 is 10.6 Å². The molecule has 4 aromatic rings. The monoisotopic (exact) mass is 346 g/mol. The van der Waals surface area contributed by atoms with E-state index in [2.05, 4.69) is 20.8 Å². The number of carbonyl (C=O) groups is 1. The van der Waals surface area contributed by atoms with Gasteiger partial charge in [-0.3, -0.25) is 5.10 Å². The molecule has 0 saturated heterocycles. The molecule has 0 bridgehead atoms. The number of amides is 2. The fourth-order valence-electron chi connectivity index (χ4n) is 2.98. The summed E-state index contributed by atoms with van der Waals surface area (Å²) < 4.78 is 2.01. The molecule has 0 saturated carbocycles. The molecule has 2 amide bonds. The smallest absolute Gasteiger partial charge is 0.320 e. The van der Waals surface area contributed by atoms with Gasteiger partial charge in [-0.2, -0.15) is 5.10 Å². The van der Waals surface area contributed by atoms with Crippen LogP contribution in [0.15, 0.2) is 67.0 Å². The van der Waals surface area contributed by atoms with Crippen LogP contribution in [0.2, 0.25) is 0 Å². The summed E-state index contributed by atoms with van der Waals surface area (Å²) in [6, 6.07) is 17.0. The normalized spacial score (nSPS) is 12.0. The molecule has 3 N–H and O–H groups in total. The van der Waals surface area contributed by atoms with E-state index in [4.69, 9.17) is 4.98 Å². The Morgan fingerprint density at radius 3 is 2.62 bits per heavy atom. The first-order chi connectivity index (χ1) is 12.7. The lowest BCUT2D eigenvalue weighted by Gasteiger charge is -2.19. The van der Waals surface area contributed by atoms with Crippen LogP contribution >= 0.6 is 0 Å². The summed E-state index contributed by atoms with van der Waals surface area (Å²) in [7, 11) is 1.95. The van der Waals surface area contributed by atoms with Crippen LogP contribution in [-0.2, 0) is 7.05 Å². The van der Waals surface area contributed by atoms with Gasteiger partial charge in [-0.1, -0.05) is 42.5 Å². The minimum Gasteiger partial charge on any atom is -0.329 e. The van der Waals surface area contributed by atoms with Gasteiger partial charge < -0.3 is 15.2 Å². The number of nitrogens with one attached hydrogen (secondary N) is 3. The highest BCUT2D eigenvalue weighted by atomic mass is 16.2. The molecule has 7 heteroatoms. The number of hydrogen-bond acceptors (Lipinski definition) is 3. The molecule has 4 rings (SSSR count).